The number of hydrogen-bond donors (Lipinski definition) is 2. The summed E-state index contributed by atoms with van der Waals surface area (Å²) in [5, 5.41) is 17.4. The Hall–Kier alpha value is -2.93. The van der Waals surface area contributed by atoms with Crippen LogP contribution in [0, 0.1) is 11.7 Å². The van der Waals surface area contributed by atoms with Crippen molar-refractivity contribution in [1.82, 2.24) is 5.01 Å². The number of carbonyl (C=O) groups is 2. The van der Waals surface area contributed by atoms with Gasteiger partial charge in [-0.25, -0.2) is 4.39 Å². The van der Waals surface area contributed by atoms with Gasteiger partial charge in [-0.15, -0.1) is 13.2 Å². The highest BCUT2D eigenvalue weighted by molar-refractivity contribution is 6.45. The number of nitrogens with zero attached hydrogens (tertiary/aromatic N) is 2. The fourth-order valence-corrected chi connectivity index (χ4v) is 2.61. The summed E-state index contributed by atoms with van der Waals surface area (Å²) in [7, 11) is 1.74. The second-order valence-corrected chi connectivity index (χ2v) is 6.56. The largest absolute Gasteiger partial charge is 0.481 e. The van der Waals surface area contributed by atoms with Crippen LogP contribution < -0.4 is 5.32 Å². The summed E-state index contributed by atoms with van der Waals surface area (Å²) in [6.45, 7) is 12.1. The van der Waals surface area contributed by atoms with Crippen molar-refractivity contribution in [2.75, 3.05) is 18.9 Å². The molecule has 0 spiro atoms. The number of anilines is 1. The lowest BCUT2D eigenvalue weighted by Gasteiger charge is -2.17. The molecule has 0 radical (unpaired) electrons. The minimum absolute atomic E-state index is 0.0475. The van der Waals surface area contributed by atoms with Crippen LogP contribution in [0.15, 0.2) is 54.7 Å². The van der Waals surface area contributed by atoms with Crippen molar-refractivity contribution in [3.63, 3.8) is 0 Å². The summed E-state index contributed by atoms with van der Waals surface area (Å²) in [4.78, 5) is 23.6. The molecule has 0 aliphatic rings. The van der Waals surface area contributed by atoms with E-state index in [1.807, 2.05) is 45.1 Å². The van der Waals surface area contributed by atoms with Crippen LogP contribution in [0.2, 0.25) is 5.02 Å². The van der Waals surface area contributed by atoms with E-state index in [4.69, 9.17) is 16.7 Å². The quantitative estimate of drug-likeness (QED) is 0.326. The zero-order valence-electron chi connectivity index (χ0n) is 17.8. The Bertz CT molecular complexity index is 822. The number of carbonyl (C=O) groups excluding carboxylic acids is 1. The van der Waals surface area contributed by atoms with Gasteiger partial charge < -0.3 is 10.4 Å². The Labute approximate surface area is 182 Å². The fraction of sp³-hybridized carbons (Fsp3) is 0.318. The number of allylic oxidation sites excluding steroid dienone is 3. The highest BCUT2D eigenvalue weighted by Gasteiger charge is 2.20. The molecule has 0 aliphatic carbocycles. The number of likely N-dealkylation sites (N-methyl/N-ethyl adjacent to an activating group) is 1. The first-order chi connectivity index (χ1) is 14.2. The third kappa shape index (κ3) is 9.05. The molecule has 0 bridgehead atoms. The molecule has 30 heavy (non-hydrogen) atoms. The monoisotopic (exact) mass is 437 g/mol. The normalized spacial score (nSPS) is 12.4. The Kier molecular flexibility index (Phi) is 12.7. The van der Waals surface area contributed by atoms with Crippen molar-refractivity contribution in [1.29, 1.82) is 0 Å². The predicted octanol–water partition coefficient (Wildman–Crippen LogP) is 4.92. The van der Waals surface area contributed by atoms with Gasteiger partial charge in [0.1, 0.15) is 11.5 Å². The summed E-state index contributed by atoms with van der Waals surface area (Å²) >= 11 is 6.10. The van der Waals surface area contributed by atoms with Crippen LogP contribution in [0.5, 0.6) is 0 Å². The van der Waals surface area contributed by atoms with E-state index in [-0.39, 0.29) is 27.9 Å². The van der Waals surface area contributed by atoms with Crippen LogP contribution in [-0.4, -0.2) is 41.3 Å². The lowest BCUT2D eigenvalue weighted by atomic mass is 10.0. The van der Waals surface area contributed by atoms with Crippen LogP contribution in [0.1, 0.15) is 26.3 Å². The molecule has 0 saturated carbocycles. The number of halogens is 2. The van der Waals surface area contributed by atoms with Gasteiger partial charge in [0.2, 0.25) is 0 Å². The van der Waals surface area contributed by atoms with E-state index in [0.717, 1.165) is 6.07 Å². The van der Waals surface area contributed by atoms with Crippen LogP contribution >= 0.6 is 11.6 Å². The van der Waals surface area contributed by atoms with Crippen LogP contribution in [0.3, 0.4) is 0 Å². The first kappa shape index (κ1) is 27.1. The predicted molar refractivity (Wildman–Crippen MR) is 121 cm³/mol. The van der Waals surface area contributed by atoms with Gasteiger partial charge in [-0.05, 0) is 26.0 Å². The number of nitrogens with one attached hydrogen (secondary N) is 1. The molecule has 1 rings (SSSR count). The van der Waals surface area contributed by atoms with Crippen molar-refractivity contribution < 1.29 is 19.1 Å². The molecule has 164 valence electrons. The van der Waals surface area contributed by atoms with Gasteiger partial charge in [0.05, 0.1) is 23.7 Å². The molecule has 1 atom stereocenters. The van der Waals surface area contributed by atoms with Gasteiger partial charge in [-0.1, -0.05) is 42.8 Å². The topological polar surface area (TPSA) is 82.0 Å². The van der Waals surface area contributed by atoms with Crippen molar-refractivity contribution >= 4 is 34.9 Å². The number of amides is 1. The summed E-state index contributed by atoms with van der Waals surface area (Å²) in [6.07, 6.45) is 6.91. The molecule has 0 saturated heterocycles. The highest BCUT2D eigenvalue weighted by Crippen LogP contribution is 2.26. The van der Waals surface area contributed by atoms with E-state index >= 15 is 0 Å². The van der Waals surface area contributed by atoms with Gasteiger partial charge in [0.25, 0.3) is 5.91 Å². The van der Waals surface area contributed by atoms with E-state index in [0.29, 0.717) is 6.54 Å². The second-order valence-electron chi connectivity index (χ2n) is 6.16. The van der Waals surface area contributed by atoms with E-state index in [2.05, 4.69) is 23.6 Å². The number of hydrazone groups is 1. The molecule has 0 aliphatic heterocycles. The van der Waals surface area contributed by atoms with Gasteiger partial charge in [-0.3, -0.25) is 14.6 Å². The lowest BCUT2D eigenvalue weighted by molar-refractivity contribution is -0.136. The van der Waals surface area contributed by atoms with E-state index in [9.17, 15) is 14.0 Å². The van der Waals surface area contributed by atoms with Crippen LogP contribution in [0.25, 0.3) is 0 Å². The summed E-state index contributed by atoms with van der Waals surface area (Å²) in [6, 6.07) is 2.21. The molecule has 8 heteroatoms. The maximum absolute atomic E-state index is 14.1. The molecule has 0 aromatic heterocycles. The van der Waals surface area contributed by atoms with Gasteiger partial charge in [0, 0.05) is 18.5 Å². The Balaban J connectivity index is 0.00000407. The summed E-state index contributed by atoms with van der Waals surface area (Å²) in [5.41, 5.74) is 0.226. The molecule has 1 unspecified atom stereocenters. The molecule has 0 heterocycles. The van der Waals surface area contributed by atoms with Crippen molar-refractivity contribution in [2.45, 2.75) is 27.2 Å². The van der Waals surface area contributed by atoms with Crippen molar-refractivity contribution in [3.05, 3.63) is 66.0 Å². The molecule has 1 aromatic rings. The molecule has 2 N–H and O–H groups in total. The van der Waals surface area contributed by atoms with E-state index < -0.39 is 24.1 Å². The average Bonchev–Trinajstić information content (AvgIpc) is 2.69. The number of carboxylic acids is 1. The van der Waals surface area contributed by atoms with Crippen molar-refractivity contribution in [3.8, 4) is 0 Å². The smallest absolute Gasteiger partial charge is 0.307 e. The highest BCUT2D eigenvalue weighted by atomic mass is 35.5. The minimum atomic E-state index is -1.18. The molecule has 1 amide bonds. The third-order valence-corrected chi connectivity index (χ3v) is 4.07. The zero-order valence-corrected chi connectivity index (χ0v) is 18.5. The number of aliphatic carboxylic acids is 1. The van der Waals surface area contributed by atoms with Crippen molar-refractivity contribution in [2.24, 2.45) is 11.0 Å². The van der Waals surface area contributed by atoms with E-state index in [1.165, 1.54) is 6.07 Å². The first-order valence-corrected chi connectivity index (χ1v) is 9.62. The Morgan fingerprint density at radius 3 is 2.50 bits per heavy atom. The lowest BCUT2D eigenvalue weighted by Crippen LogP contribution is -2.30. The fourth-order valence-electron chi connectivity index (χ4n) is 2.37. The molecule has 6 nitrogen and oxygen atoms in total. The molecular weight excluding hydrogens is 409 g/mol. The molecular formula is C22H29ClFN3O3. The zero-order chi connectivity index (χ0) is 23.3. The number of rotatable bonds is 9. The Morgan fingerprint density at radius 1 is 1.33 bits per heavy atom. The van der Waals surface area contributed by atoms with Gasteiger partial charge in [0.15, 0.2) is 0 Å². The number of benzene rings is 1. The van der Waals surface area contributed by atoms with Gasteiger partial charge in [-0.2, -0.15) is 5.10 Å². The van der Waals surface area contributed by atoms with E-state index in [1.54, 1.807) is 12.1 Å². The Morgan fingerprint density at radius 2 is 1.97 bits per heavy atom. The summed E-state index contributed by atoms with van der Waals surface area (Å²) in [5.74, 6) is -2.74. The van der Waals surface area contributed by atoms with Gasteiger partial charge >= 0.3 is 5.97 Å². The number of carboxylic acid groups (broad SMARTS) is 1. The maximum Gasteiger partial charge on any atom is 0.307 e. The maximum atomic E-state index is 14.1. The molecule has 0 fully saturated rings. The average molecular weight is 438 g/mol. The summed E-state index contributed by atoms with van der Waals surface area (Å²) < 4.78 is 14.1. The minimum Gasteiger partial charge on any atom is -0.481 e. The SMILES string of the molecule is C/C=C\CN(C)/N=C(/C(=O)Nc1cc(F)c(CC(=O)O)cc1Cl)C(C)/C=C\C.C=C. The first-order valence-electron chi connectivity index (χ1n) is 9.24. The standard InChI is InChI=1S/C20H25ClFN3O3.C2H4/c1-5-7-9-25(4)24-19(13(3)8-6-2)20(28)23-17-12-16(22)14(10-15(17)21)11-18(26)27;1-2/h5-8,10,12-13H,9,11H2,1-4H3,(H,23,28)(H,26,27);1-2H2/b7-5-,8-6-,24-19+;. The van der Waals surface area contributed by atoms with Crippen LogP contribution in [-0.2, 0) is 16.0 Å². The second kappa shape index (κ2) is 14.1. The third-order valence-electron chi connectivity index (χ3n) is 3.75. The number of hydrogen-bond acceptors (Lipinski definition) is 4. The molecule has 1 aromatic carbocycles. The van der Waals surface area contributed by atoms with Crippen LogP contribution in [0.4, 0.5) is 10.1 Å².